The summed E-state index contributed by atoms with van der Waals surface area (Å²) in [4.78, 5) is 12.7. The Hall–Kier alpha value is -2.38. The van der Waals surface area contributed by atoms with Gasteiger partial charge in [0.1, 0.15) is 5.75 Å². The van der Waals surface area contributed by atoms with Crippen LogP contribution in [-0.2, 0) is 0 Å². The predicted molar refractivity (Wildman–Crippen MR) is 87.7 cm³/mol. The molecule has 0 unspecified atom stereocenters. The molecule has 0 amide bonds. The van der Waals surface area contributed by atoms with Gasteiger partial charge < -0.3 is 4.74 Å². The highest BCUT2D eigenvalue weighted by Gasteiger charge is 2.21. The number of hydrogen-bond donors (Lipinski definition) is 0. The van der Waals surface area contributed by atoms with E-state index >= 15 is 0 Å². The molecule has 0 bridgehead atoms. The van der Waals surface area contributed by atoms with E-state index in [4.69, 9.17) is 10.00 Å². The molecule has 3 rings (SSSR count). The van der Waals surface area contributed by atoms with Crippen LogP contribution < -0.4 is 4.74 Å². The Kier molecular flexibility index (Phi) is 4.08. The first-order valence-corrected chi connectivity index (χ1v) is 7.64. The molecule has 2 aromatic carbocycles. The van der Waals surface area contributed by atoms with Crippen LogP contribution in [-0.4, -0.2) is 12.4 Å². The van der Waals surface area contributed by atoms with E-state index in [0.29, 0.717) is 35.5 Å². The summed E-state index contributed by atoms with van der Waals surface area (Å²) < 4.78 is 6.50. The van der Waals surface area contributed by atoms with Crippen molar-refractivity contribution in [2.45, 2.75) is 6.42 Å². The molecule has 4 heteroatoms. The van der Waals surface area contributed by atoms with Gasteiger partial charge in [-0.2, -0.15) is 5.26 Å². The highest BCUT2D eigenvalue weighted by molar-refractivity contribution is 9.10. The van der Waals surface area contributed by atoms with Crippen LogP contribution in [0.3, 0.4) is 0 Å². The highest BCUT2D eigenvalue weighted by Crippen LogP contribution is 2.30. The van der Waals surface area contributed by atoms with E-state index in [2.05, 4.69) is 22.0 Å². The summed E-state index contributed by atoms with van der Waals surface area (Å²) >= 11 is 3.39. The first kappa shape index (κ1) is 14.6. The summed E-state index contributed by atoms with van der Waals surface area (Å²) in [6.45, 7) is 0.462. The van der Waals surface area contributed by atoms with Gasteiger partial charge in [0.15, 0.2) is 5.78 Å². The molecule has 0 aliphatic carbocycles. The summed E-state index contributed by atoms with van der Waals surface area (Å²) in [7, 11) is 0. The van der Waals surface area contributed by atoms with Gasteiger partial charge in [-0.05, 0) is 42.0 Å². The monoisotopic (exact) mass is 353 g/mol. The molecule has 0 aromatic heterocycles. The van der Waals surface area contributed by atoms with Crippen molar-refractivity contribution in [2.75, 3.05) is 6.61 Å². The second-order valence-electron chi connectivity index (χ2n) is 4.97. The predicted octanol–water partition coefficient (Wildman–Crippen LogP) is 4.37. The van der Waals surface area contributed by atoms with Crippen molar-refractivity contribution < 1.29 is 9.53 Å². The fourth-order valence-corrected chi connectivity index (χ4v) is 2.76. The topological polar surface area (TPSA) is 50.1 Å². The number of ketones is 1. The van der Waals surface area contributed by atoms with Gasteiger partial charge in [0, 0.05) is 16.5 Å². The molecule has 1 heterocycles. The number of halogens is 1. The molecule has 1 aliphatic heterocycles. The van der Waals surface area contributed by atoms with Gasteiger partial charge >= 0.3 is 0 Å². The average Bonchev–Trinajstić information content (AvgIpc) is 2.68. The van der Waals surface area contributed by atoms with Crippen molar-refractivity contribution in [1.82, 2.24) is 0 Å². The SMILES string of the molecule is N#Cc1cccc(/C=C2/CCOc3ccc(Br)cc3C2=O)c1. The van der Waals surface area contributed by atoms with Crippen molar-refractivity contribution >= 4 is 27.8 Å². The highest BCUT2D eigenvalue weighted by atomic mass is 79.9. The number of hydrogen-bond acceptors (Lipinski definition) is 3. The summed E-state index contributed by atoms with van der Waals surface area (Å²) in [5.41, 5.74) is 2.68. The second-order valence-corrected chi connectivity index (χ2v) is 5.89. The van der Waals surface area contributed by atoms with Gasteiger partial charge in [0.2, 0.25) is 0 Å². The fraction of sp³-hybridized carbons (Fsp3) is 0.111. The van der Waals surface area contributed by atoms with E-state index in [1.807, 2.05) is 24.3 Å². The molecule has 0 atom stereocenters. The smallest absolute Gasteiger partial charge is 0.192 e. The van der Waals surface area contributed by atoms with E-state index in [1.165, 1.54) is 0 Å². The maximum atomic E-state index is 12.7. The lowest BCUT2D eigenvalue weighted by atomic mass is 9.98. The maximum Gasteiger partial charge on any atom is 0.192 e. The number of nitriles is 1. The number of rotatable bonds is 1. The minimum absolute atomic E-state index is 0.0313. The zero-order valence-corrected chi connectivity index (χ0v) is 13.3. The normalized spacial score (nSPS) is 15.6. The number of carbonyl (C=O) groups is 1. The van der Waals surface area contributed by atoms with Crippen LogP contribution in [0.2, 0.25) is 0 Å². The first-order valence-electron chi connectivity index (χ1n) is 6.85. The second kappa shape index (κ2) is 6.17. The van der Waals surface area contributed by atoms with Crippen molar-refractivity contribution in [3.05, 3.63) is 69.2 Å². The van der Waals surface area contributed by atoms with Crippen LogP contribution in [0.25, 0.3) is 6.08 Å². The molecule has 0 saturated carbocycles. The minimum Gasteiger partial charge on any atom is -0.492 e. The first-order chi connectivity index (χ1) is 10.7. The van der Waals surface area contributed by atoms with Crippen molar-refractivity contribution in [2.24, 2.45) is 0 Å². The molecule has 0 spiro atoms. The van der Waals surface area contributed by atoms with Gasteiger partial charge in [0.25, 0.3) is 0 Å². The summed E-state index contributed by atoms with van der Waals surface area (Å²) in [5.74, 6) is 0.582. The maximum absolute atomic E-state index is 12.7. The van der Waals surface area contributed by atoms with Crippen LogP contribution in [0, 0.1) is 11.3 Å². The Bertz CT molecular complexity index is 818. The van der Waals surface area contributed by atoms with Gasteiger partial charge in [0.05, 0.1) is 23.8 Å². The van der Waals surface area contributed by atoms with Crippen LogP contribution in [0.1, 0.15) is 27.9 Å². The molecule has 108 valence electrons. The van der Waals surface area contributed by atoms with E-state index in [0.717, 1.165) is 10.0 Å². The van der Waals surface area contributed by atoms with Crippen molar-refractivity contribution in [3.63, 3.8) is 0 Å². The third-order valence-electron chi connectivity index (χ3n) is 3.46. The number of benzene rings is 2. The van der Waals surface area contributed by atoms with E-state index in [9.17, 15) is 4.79 Å². The number of Topliss-reactive ketones (excluding diaryl/α,β-unsaturated/α-hetero) is 1. The fourth-order valence-electron chi connectivity index (χ4n) is 2.40. The average molecular weight is 354 g/mol. The number of nitrogens with zero attached hydrogens (tertiary/aromatic N) is 1. The Morgan fingerprint density at radius 2 is 2.09 bits per heavy atom. The van der Waals surface area contributed by atoms with E-state index < -0.39 is 0 Å². The molecule has 2 aromatic rings. The molecule has 1 aliphatic rings. The zero-order valence-electron chi connectivity index (χ0n) is 11.7. The molecular formula is C18H12BrNO2. The molecular weight excluding hydrogens is 342 g/mol. The Balaban J connectivity index is 2.02. The summed E-state index contributed by atoms with van der Waals surface area (Å²) in [6.07, 6.45) is 2.38. The zero-order chi connectivity index (χ0) is 15.5. The Morgan fingerprint density at radius 3 is 2.91 bits per heavy atom. The number of fused-ring (bicyclic) bond motifs is 1. The lowest BCUT2D eigenvalue weighted by Crippen LogP contribution is -2.02. The molecule has 0 radical (unpaired) electrons. The molecule has 0 fully saturated rings. The molecule has 3 nitrogen and oxygen atoms in total. The van der Waals surface area contributed by atoms with Gasteiger partial charge in [-0.15, -0.1) is 0 Å². The summed E-state index contributed by atoms with van der Waals surface area (Å²) in [6, 6.07) is 14.8. The molecule has 0 saturated heterocycles. The van der Waals surface area contributed by atoms with Crippen LogP contribution >= 0.6 is 15.9 Å². The van der Waals surface area contributed by atoms with Gasteiger partial charge in [-0.25, -0.2) is 0 Å². The lowest BCUT2D eigenvalue weighted by Gasteiger charge is -2.05. The lowest BCUT2D eigenvalue weighted by molar-refractivity contribution is 0.103. The van der Waals surface area contributed by atoms with Crippen LogP contribution in [0.5, 0.6) is 5.75 Å². The number of ether oxygens (including phenoxy) is 1. The third kappa shape index (κ3) is 2.95. The minimum atomic E-state index is -0.0313. The Labute approximate surface area is 137 Å². The van der Waals surface area contributed by atoms with Gasteiger partial charge in [-0.1, -0.05) is 28.1 Å². The number of carbonyl (C=O) groups excluding carboxylic acids is 1. The van der Waals surface area contributed by atoms with Crippen molar-refractivity contribution in [1.29, 1.82) is 5.26 Å². The largest absolute Gasteiger partial charge is 0.492 e. The molecule has 0 N–H and O–H groups in total. The van der Waals surface area contributed by atoms with Crippen LogP contribution in [0.4, 0.5) is 0 Å². The van der Waals surface area contributed by atoms with E-state index in [1.54, 1.807) is 24.3 Å². The van der Waals surface area contributed by atoms with Crippen molar-refractivity contribution in [3.8, 4) is 11.8 Å². The summed E-state index contributed by atoms with van der Waals surface area (Å²) in [5, 5.41) is 8.96. The Morgan fingerprint density at radius 1 is 1.23 bits per heavy atom. The van der Waals surface area contributed by atoms with Crippen LogP contribution in [0.15, 0.2) is 52.5 Å². The van der Waals surface area contributed by atoms with E-state index in [-0.39, 0.29) is 5.78 Å². The standard InChI is InChI=1S/C18H12BrNO2/c19-15-4-5-17-16(10-15)18(21)14(6-7-22-17)9-12-2-1-3-13(8-12)11-20/h1-5,8-10H,6-7H2/b14-9-. The quantitative estimate of drug-likeness (QED) is 0.715. The third-order valence-corrected chi connectivity index (χ3v) is 3.96. The van der Waals surface area contributed by atoms with Gasteiger partial charge in [-0.3, -0.25) is 4.79 Å². The molecule has 22 heavy (non-hydrogen) atoms.